The minimum atomic E-state index is -1.32. The van der Waals surface area contributed by atoms with Crippen LogP contribution in [-0.4, -0.2) is 25.5 Å². The molecule has 0 fully saturated rings. The first-order valence-corrected chi connectivity index (χ1v) is 4.22. The number of nitrogens with zero attached hydrogens (tertiary/aromatic N) is 4. The van der Waals surface area contributed by atoms with Crippen LogP contribution < -0.4 is 24.0 Å². The summed E-state index contributed by atoms with van der Waals surface area (Å²) in [5.41, 5.74) is 0.430. The smallest absolute Gasteiger partial charge is 0.543 e. The van der Waals surface area contributed by atoms with Crippen LogP contribution in [0.2, 0.25) is 0 Å². The molecule has 0 aromatic carbocycles. The van der Waals surface area contributed by atoms with Gasteiger partial charge in [0.1, 0.15) is 6.33 Å². The minimum Gasteiger partial charge on any atom is -0.543 e. The molecule has 0 radical (unpaired) electrons. The Morgan fingerprint density at radius 3 is 2.75 bits per heavy atom. The fraction of sp³-hybridized carbons (Fsp3) is 0.111. The molecule has 16 heavy (non-hydrogen) atoms. The number of aryl methyl sites for hydroxylation is 1. The number of imidazole rings is 1. The van der Waals surface area contributed by atoms with E-state index in [1.807, 2.05) is 0 Å². The Morgan fingerprint density at radius 2 is 2.19 bits per heavy atom. The van der Waals surface area contributed by atoms with E-state index in [1.54, 1.807) is 19.3 Å². The van der Waals surface area contributed by atoms with Crippen molar-refractivity contribution in [3.05, 3.63) is 36.2 Å². The summed E-state index contributed by atoms with van der Waals surface area (Å²) in [4.78, 5) is 22.4. The van der Waals surface area contributed by atoms with Crippen molar-refractivity contribution in [3.8, 4) is 5.95 Å². The SMILES string of the molecule is Cc1cc(C(=O)[O-])nc(-n2ccnc2)n1.[Li+]. The van der Waals surface area contributed by atoms with E-state index in [0.29, 0.717) is 5.69 Å². The first-order valence-electron chi connectivity index (χ1n) is 4.22. The molecule has 2 rings (SSSR count). The molecule has 7 heteroatoms. The second-order valence-electron chi connectivity index (χ2n) is 2.95. The maximum Gasteiger partial charge on any atom is 1.00 e. The number of hydrogen-bond donors (Lipinski definition) is 0. The molecule has 0 amide bonds. The number of hydrogen-bond acceptors (Lipinski definition) is 5. The zero-order valence-electron chi connectivity index (χ0n) is 8.91. The Hall–Kier alpha value is -1.64. The third-order valence-electron chi connectivity index (χ3n) is 1.79. The van der Waals surface area contributed by atoms with Crippen LogP contribution >= 0.6 is 0 Å². The van der Waals surface area contributed by atoms with Gasteiger partial charge in [-0.3, -0.25) is 4.57 Å². The standard InChI is InChI=1S/C9H8N4O2.Li/c1-6-4-7(8(14)15)12-9(11-6)13-3-2-10-5-13;/h2-5H,1H3,(H,14,15);/q;+1/p-1. The Bertz CT molecular complexity index is 498. The van der Waals surface area contributed by atoms with Crippen molar-refractivity contribution in [3.63, 3.8) is 0 Å². The average Bonchev–Trinajstić information content (AvgIpc) is 2.69. The molecule has 0 aliphatic rings. The van der Waals surface area contributed by atoms with Crippen molar-refractivity contribution in [2.75, 3.05) is 0 Å². The van der Waals surface area contributed by atoms with Gasteiger partial charge >= 0.3 is 18.9 Å². The molecule has 0 saturated heterocycles. The maximum atomic E-state index is 10.6. The third-order valence-corrected chi connectivity index (χ3v) is 1.79. The van der Waals surface area contributed by atoms with Crippen molar-refractivity contribution in [2.24, 2.45) is 0 Å². The van der Waals surface area contributed by atoms with E-state index in [1.165, 1.54) is 17.0 Å². The van der Waals surface area contributed by atoms with Gasteiger partial charge in [0, 0.05) is 18.1 Å². The molecular weight excluding hydrogens is 203 g/mol. The van der Waals surface area contributed by atoms with Crippen LogP contribution in [0.5, 0.6) is 0 Å². The van der Waals surface area contributed by atoms with Gasteiger partial charge in [0.15, 0.2) is 0 Å². The monoisotopic (exact) mass is 210 g/mol. The van der Waals surface area contributed by atoms with Gasteiger partial charge in [-0.25, -0.2) is 15.0 Å². The fourth-order valence-corrected chi connectivity index (χ4v) is 1.15. The van der Waals surface area contributed by atoms with E-state index in [4.69, 9.17) is 0 Å². The number of carboxylic acid groups (broad SMARTS) is 1. The van der Waals surface area contributed by atoms with Gasteiger partial charge in [0.05, 0.1) is 11.7 Å². The van der Waals surface area contributed by atoms with Gasteiger partial charge in [-0.1, -0.05) is 0 Å². The summed E-state index contributed by atoms with van der Waals surface area (Å²) in [6, 6.07) is 1.36. The summed E-state index contributed by atoms with van der Waals surface area (Å²) in [6.07, 6.45) is 4.69. The molecule has 6 nitrogen and oxygen atoms in total. The Balaban J connectivity index is 0.00000128. The van der Waals surface area contributed by atoms with Gasteiger partial charge in [0.25, 0.3) is 0 Å². The number of aromatic carboxylic acids is 1. The van der Waals surface area contributed by atoms with Crippen LogP contribution in [-0.2, 0) is 0 Å². The summed E-state index contributed by atoms with van der Waals surface area (Å²) in [7, 11) is 0. The second-order valence-corrected chi connectivity index (χ2v) is 2.95. The van der Waals surface area contributed by atoms with Crippen molar-refractivity contribution in [2.45, 2.75) is 6.92 Å². The molecule has 2 aromatic heterocycles. The molecular formula is C9H7LiN4O2. The molecule has 0 aliphatic carbocycles. The van der Waals surface area contributed by atoms with Gasteiger partial charge in [-0.2, -0.15) is 0 Å². The molecule has 0 spiro atoms. The minimum absolute atomic E-state index is 0. The van der Waals surface area contributed by atoms with Crippen LogP contribution in [0.25, 0.3) is 5.95 Å². The van der Waals surface area contributed by atoms with Crippen LogP contribution in [0.15, 0.2) is 24.8 Å². The largest absolute Gasteiger partial charge is 1.00 e. The number of carbonyl (C=O) groups excluding carboxylic acids is 1. The Kier molecular flexibility index (Phi) is 3.82. The number of rotatable bonds is 2. The normalized spacial score (nSPS) is 9.56. The van der Waals surface area contributed by atoms with E-state index in [0.717, 1.165) is 0 Å². The number of aromatic nitrogens is 4. The summed E-state index contributed by atoms with van der Waals surface area (Å²) >= 11 is 0. The molecule has 0 atom stereocenters. The van der Waals surface area contributed by atoms with Gasteiger partial charge in [-0.15, -0.1) is 0 Å². The first-order chi connectivity index (χ1) is 7.16. The molecule has 2 aromatic rings. The van der Waals surface area contributed by atoms with E-state index >= 15 is 0 Å². The molecule has 76 valence electrons. The molecule has 0 bridgehead atoms. The van der Waals surface area contributed by atoms with Gasteiger partial charge in [0.2, 0.25) is 5.95 Å². The molecule has 0 saturated carbocycles. The van der Waals surface area contributed by atoms with E-state index < -0.39 is 5.97 Å². The van der Waals surface area contributed by atoms with E-state index in [-0.39, 0.29) is 30.5 Å². The van der Waals surface area contributed by atoms with Crippen molar-refractivity contribution in [1.29, 1.82) is 0 Å². The second kappa shape index (κ2) is 4.92. The molecule has 2 heterocycles. The predicted molar refractivity (Wildman–Crippen MR) is 48.2 cm³/mol. The van der Waals surface area contributed by atoms with Crippen LogP contribution in [0.4, 0.5) is 0 Å². The summed E-state index contributed by atoms with van der Waals surface area (Å²) in [5, 5.41) is 10.6. The quantitative estimate of drug-likeness (QED) is 0.477. The van der Waals surface area contributed by atoms with Crippen LogP contribution in [0, 0.1) is 6.92 Å². The zero-order chi connectivity index (χ0) is 10.8. The maximum absolute atomic E-state index is 10.6. The molecule has 0 N–H and O–H groups in total. The summed E-state index contributed by atoms with van der Waals surface area (Å²) in [6.45, 7) is 1.69. The van der Waals surface area contributed by atoms with Crippen molar-refractivity contribution in [1.82, 2.24) is 19.5 Å². The summed E-state index contributed by atoms with van der Waals surface area (Å²) in [5.74, 6) is -1.05. The Morgan fingerprint density at radius 1 is 1.44 bits per heavy atom. The number of carboxylic acids is 1. The van der Waals surface area contributed by atoms with E-state index in [9.17, 15) is 9.90 Å². The van der Waals surface area contributed by atoms with Gasteiger partial charge in [-0.05, 0) is 13.0 Å². The third kappa shape index (κ3) is 2.48. The molecule has 0 unspecified atom stereocenters. The Labute approximate surface area is 104 Å². The average molecular weight is 210 g/mol. The zero-order valence-corrected chi connectivity index (χ0v) is 8.91. The predicted octanol–water partition coefficient (Wildman–Crippen LogP) is -3.66. The number of carbonyl (C=O) groups is 1. The molecule has 0 aliphatic heterocycles. The van der Waals surface area contributed by atoms with E-state index in [2.05, 4.69) is 15.0 Å². The van der Waals surface area contributed by atoms with Crippen LogP contribution in [0.1, 0.15) is 16.2 Å². The van der Waals surface area contributed by atoms with Gasteiger partial charge < -0.3 is 9.90 Å². The fourth-order valence-electron chi connectivity index (χ4n) is 1.15. The van der Waals surface area contributed by atoms with Crippen molar-refractivity contribution >= 4 is 5.97 Å². The van der Waals surface area contributed by atoms with Crippen molar-refractivity contribution < 1.29 is 28.8 Å². The topological polar surface area (TPSA) is 83.7 Å². The van der Waals surface area contributed by atoms with Crippen LogP contribution in [0.3, 0.4) is 0 Å². The first kappa shape index (κ1) is 12.4. The summed E-state index contributed by atoms with van der Waals surface area (Å²) < 4.78 is 1.53.